The van der Waals surface area contributed by atoms with Crippen LogP contribution < -0.4 is 10.6 Å². The highest BCUT2D eigenvalue weighted by Crippen LogP contribution is 2.21. The van der Waals surface area contributed by atoms with Crippen LogP contribution in [-0.4, -0.2) is 27.4 Å². The van der Waals surface area contributed by atoms with E-state index in [0.29, 0.717) is 25.6 Å². The summed E-state index contributed by atoms with van der Waals surface area (Å²) in [6.45, 7) is 2.22. The molecule has 1 aromatic heterocycles. The van der Waals surface area contributed by atoms with Gasteiger partial charge in [0.25, 0.3) is 0 Å². The Morgan fingerprint density at radius 1 is 1.43 bits per heavy atom. The van der Waals surface area contributed by atoms with E-state index in [1.54, 1.807) is 6.33 Å². The number of carbonyl (C=O) groups is 2. The van der Waals surface area contributed by atoms with Gasteiger partial charge in [-0.3, -0.25) is 9.59 Å². The number of hydrogen-bond acceptors (Lipinski definition) is 4. The van der Waals surface area contributed by atoms with Crippen LogP contribution in [0.15, 0.2) is 36.7 Å². The zero-order chi connectivity index (χ0) is 16.2. The number of nitrogens with zero attached hydrogens (tertiary/aromatic N) is 2. The molecule has 2 amide bonds. The molecule has 1 aliphatic heterocycles. The summed E-state index contributed by atoms with van der Waals surface area (Å²) < 4.78 is 7.54. The average molecular weight is 314 g/mol. The predicted octanol–water partition coefficient (Wildman–Crippen LogP) is 1.06. The first-order valence-electron chi connectivity index (χ1n) is 7.37. The SMILES string of the molecule is CC(=O)NC1Cc2c(ncn2COCc2ccccc2)NC1=O. The first kappa shape index (κ1) is 15.2. The summed E-state index contributed by atoms with van der Waals surface area (Å²) in [7, 11) is 0. The van der Waals surface area contributed by atoms with Crippen LogP contribution >= 0.6 is 0 Å². The molecule has 2 aromatic rings. The Morgan fingerprint density at radius 2 is 2.22 bits per heavy atom. The highest BCUT2D eigenvalue weighted by atomic mass is 16.5. The van der Waals surface area contributed by atoms with Gasteiger partial charge in [-0.2, -0.15) is 0 Å². The standard InChI is InChI=1S/C16H18N4O3/c1-11(21)18-13-7-14-15(19-16(13)22)17-9-20(14)10-23-8-12-5-3-2-4-6-12/h2-6,9,13H,7-8,10H2,1H3,(H,18,21)(H,19,22). The van der Waals surface area contributed by atoms with Crippen molar-refractivity contribution in [3.8, 4) is 0 Å². The van der Waals surface area contributed by atoms with Gasteiger partial charge in [-0.05, 0) is 5.56 Å². The van der Waals surface area contributed by atoms with Crippen molar-refractivity contribution >= 4 is 17.6 Å². The molecule has 0 spiro atoms. The molecule has 23 heavy (non-hydrogen) atoms. The van der Waals surface area contributed by atoms with Gasteiger partial charge >= 0.3 is 0 Å². The van der Waals surface area contributed by atoms with Crippen molar-refractivity contribution in [2.45, 2.75) is 32.7 Å². The maximum atomic E-state index is 11.9. The van der Waals surface area contributed by atoms with Gasteiger partial charge in [0.15, 0.2) is 5.82 Å². The van der Waals surface area contributed by atoms with Gasteiger partial charge in [-0.15, -0.1) is 0 Å². The van der Waals surface area contributed by atoms with Gasteiger partial charge in [0.1, 0.15) is 12.8 Å². The molecule has 120 valence electrons. The Hall–Kier alpha value is -2.67. The third kappa shape index (κ3) is 3.57. The van der Waals surface area contributed by atoms with Gasteiger partial charge in [0.05, 0.1) is 18.6 Å². The minimum atomic E-state index is -0.579. The lowest BCUT2D eigenvalue weighted by atomic mass is 10.1. The molecule has 0 fully saturated rings. The van der Waals surface area contributed by atoms with E-state index < -0.39 is 6.04 Å². The summed E-state index contributed by atoms with van der Waals surface area (Å²) in [6, 6.07) is 9.30. The smallest absolute Gasteiger partial charge is 0.248 e. The fourth-order valence-electron chi connectivity index (χ4n) is 2.53. The Kier molecular flexibility index (Phi) is 4.38. The number of rotatable bonds is 5. The lowest BCUT2D eigenvalue weighted by Gasteiger charge is -2.23. The van der Waals surface area contributed by atoms with Crippen molar-refractivity contribution in [3.63, 3.8) is 0 Å². The molecule has 1 aliphatic rings. The molecular formula is C16H18N4O3. The van der Waals surface area contributed by atoms with E-state index >= 15 is 0 Å². The maximum absolute atomic E-state index is 11.9. The summed E-state index contributed by atoms with van der Waals surface area (Å²) in [6.07, 6.45) is 2.03. The minimum Gasteiger partial charge on any atom is -0.356 e. The van der Waals surface area contributed by atoms with Crippen LogP contribution in [0.25, 0.3) is 0 Å². The minimum absolute atomic E-state index is 0.236. The highest BCUT2D eigenvalue weighted by Gasteiger charge is 2.29. The summed E-state index contributed by atoms with van der Waals surface area (Å²) in [4.78, 5) is 27.3. The second-order valence-electron chi connectivity index (χ2n) is 5.42. The van der Waals surface area contributed by atoms with Crippen LogP contribution in [0.5, 0.6) is 0 Å². The Morgan fingerprint density at radius 3 is 2.96 bits per heavy atom. The molecular weight excluding hydrogens is 296 g/mol. The number of fused-ring (bicyclic) bond motifs is 1. The second kappa shape index (κ2) is 6.62. The molecule has 2 heterocycles. The molecule has 0 bridgehead atoms. The largest absolute Gasteiger partial charge is 0.356 e. The van der Waals surface area contributed by atoms with E-state index in [9.17, 15) is 9.59 Å². The predicted molar refractivity (Wildman–Crippen MR) is 83.4 cm³/mol. The summed E-state index contributed by atoms with van der Waals surface area (Å²) in [5, 5.41) is 5.34. The maximum Gasteiger partial charge on any atom is 0.248 e. The van der Waals surface area contributed by atoms with Crippen molar-refractivity contribution in [2.75, 3.05) is 5.32 Å². The van der Waals surface area contributed by atoms with E-state index in [4.69, 9.17) is 4.74 Å². The number of benzene rings is 1. The number of carbonyl (C=O) groups excluding carboxylic acids is 2. The second-order valence-corrected chi connectivity index (χ2v) is 5.42. The number of hydrogen-bond donors (Lipinski definition) is 2. The van der Waals surface area contributed by atoms with Gasteiger partial charge in [0.2, 0.25) is 11.8 Å². The Labute approximate surface area is 133 Å². The normalized spacial score (nSPS) is 16.6. The van der Waals surface area contributed by atoms with Gasteiger partial charge in [-0.1, -0.05) is 30.3 Å². The first-order valence-corrected chi connectivity index (χ1v) is 7.37. The van der Waals surface area contributed by atoms with Crippen molar-refractivity contribution in [2.24, 2.45) is 0 Å². The van der Waals surface area contributed by atoms with Crippen molar-refractivity contribution in [3.05, 3.63) is 47.9 Å². The molecule has 7 heteroatoms. The topological polar surface area (TPSA) is 85.2 Å². The van der Waals surface area contributed by atoms with Gasteiger partial charge < -0.3 is 19.9 Å². The zero-order valence-electron chi connectivity index (χ0n) is 12.8. The quantitative estimate of drug-likeness (QED) is 0.864. The molecule has 0 saturated heterocycles. The molecule has 0 radical (unpaired) electrons. The number of aromatic nitrogens is 2. The van der Waals surface area contributed by atoms with Crippen LogP contribution in [0.4, 0.5) is 5.82 Å². The average Bonchev–Trinajstić information content (AvgIpc) is 2.90. The van der Waals surface area contributed by atoms with Crippen LogP contribution in [0.3, 0.4) is 0 Å². The third-order valence-electron chi connectivity index (χ3n) is 3.62. The molecule has 1 atom stereocenters. The Bertz CT molecular complexity index is 711. The van der Waals surface area contributed by atoms with Crippen LogP contribution in [0, 0.1) is 0 Å². The van der Waals surface area contributed by atoms with E-state index in [1.807, 2.05) is 34.9 Å². The lowest BCUT2D eigenvalue weighted by molar-refractivity contribution is -0.125. The molecule has 1 aromatic carbocycles. The molecule has 0 aliphatic carbocycles. The fourth-order valence-corrected chi connectivity index (χ4v) is 2.53. The first-order chi connectivity index (χ1) is 11.1. The number of ether oxygens (including phenoxy) is 1. The molecule has 7 nitrogen and oxygen atoms in total. The van der Waals surface area contributed by atoms with Crippen LogP contribution in [-0.2, 0) is 34.1 Å². The van der Waals surface area contributed by atoms with E-state index in [0.717, 1.165) is 11.3 Å². The molecule has 3 rings (SSSR count). The van der Waals surface area contributed by atoms with Gasteiger partial charge in [-0.25, -0.2) is 4.98 Å². The number of anilines is 1. The number of amides is 2. The fraction of sp³-hybridized carbons (Fsp3) is 0.312. The third-order valence-corrected chi connectivity index (χ3v) is 3.62. The highest BCUT2D eigenvalue weighted by molar-refractivity contribution is 5.98. The number of nitrogens with one attached hydrogen (secondary N) is 2. The molecule has 2 N–H and O–H groups in total. The van der Waals surface area contributed by atoms with Crippen LogP contribution in [0.1, 0.15) is 18.2 Å². The summed E-state index contributed by atoms with van der Waals surface area (Å²) in [5.41, 5.74) is 1.93. The zero-order valence-corrected chi connectivity index (χ0v) is 12.8. The molecule has 1 unspecified atom stereocenters. The van der Waals surface area contributed by atoms with Gasteiger partial charge in [0, 0.05) is 13.3 Å². The van der Waals surface area contributed by atoms with E-state index in [2.05, 4.69) is 15.6 Å². The van der Waals surface area contributed by atoms with Crippen LogP contribution in [0.2, 0.25) is 0 Å². The van der Waals surface area contributed by atoms with E-state index in [-0.39, 0.29) is 11.8 Å². The lowest BCUT2D eigenvalue weighted by Crippen LogP contribution is -2.47. The van der Waals surface area contributed by atoms with Crippen molar-refractivity contribution in [1.82, 2.24) is 14.9 Å². The Balaban J connectivity index is 1.64. The van der Waals surface area contributed by atoms with Crippen molar-refractivity contribution < 1.29 is 14.3 Å². The summed E-state index contributed by atoms with van der Waals surface area (Å²) in [5.74, 6) is 0.0445. The van der Waals surface area contributed by atoms with E-state index in [1.165, 1.54) is 6.92 Å². The number of imidazole rings is 1. The summed E-state index contributed by atoms with van der Waals surface area (Å²) >= 11 is 0. The molecule has 0 saturated carbocycles. The van der Waals surface area contributed by atoms with Crippen molar-refractivity contribution in [1.29, 1.82) is 0 Å². The monoisotopic (exact) mass is 314 g/mol.